The van der Waals surface area contributed by atoms with Crippen molar-refractivity contribution in [2.45, 2.75) is 38.3 Å². The van der Waals surface area contributed by atoms with Crippen LogP contribution in [0.3, 0.4) is 0 Å². The lowest BCUT2D eigenvalue weighted by molar-refractivity contribution is -0.112. The predicted octanol–water partition coefficient (Wildman–Crippen LogP) is 3.63. The minimum Gasteiger partial charge on any atom is -0.381 e. The molecule has 1 aliphatic carbocycles. The molecule has 110 valence electrons. The summed E-state index contributed by atoms with van der Waals surface area (Å²) in [5.74, 6) is 1.22. The van der Waals surface area contributed by atoms with Crippen LogP contribution in [0, 0.1) is 16.7 Å². The summed E-state index contributed by atoms with van der Waals surface area (Å²) >= 11 is 6.09. The number of rotatable bonds is 3. The van der Waals surface area contributed by atoms with Gasteiger partial charge in [-0.1, -0.05) is 13.8 Å². The summed E-state index contributed by atoms with van der Waals surface area (Å²) in [6.45, 7) is 4.40. The van der Waals surface area contributed by atoms with E-state index in [4.69, 9.17) is 21.6 Å². The Morgan fingerprint density at radius 2 is 2.29 bits per heavy atom. The normalized spacial score (nSPS) is 23.8. The first kappa shape index (κ1) is 14.4. The van der Waals surface area contributed by atoms with Crippen LogP contribution in [0.5, 0.6) is 0 Å². The van der Waals surface area contributed by atoms with Crippen molar-refractivity contribution in [2.24, 2.45) is 5.41 Å². The molecule has 1 aliphatic rings. The number of ether oxygens (including phenoxy) is 1. The lowest BCUT2D eigenvalue weighted by Gasteiger charge is -2.52. The third-order valence-electron chi connectivity index (χ3n) is 4.73. The van der Waals surface area contributed by atoms with Crippen molar-refractivity contribution < 1.29 is 4.74 Å². The van der Waals surface area contributed by atoms with E-state index in [0.29, 0.717) is 11.4 Å². The smallest absolute Gasteiger partial charge is 0.125 e. The highest BCUT2D eigenvalue weighted by Gasteiger charge is 2.50. The van der Waals surface area contributed by atoms with Gasteiger partial charge in [-0.05, 0) is 24.6 Å². The van der Waals surface area contributed by atoms with Crippen molar-refractivity contribution in [3.63, 3.8) is 0 Å². The zero-order valence-corrected chi connectivity index (χ0v) is 13.2. The Kier molecular flexibility index (Phi) is 3.43. The Morgan fingerprint density at radius 1 is 1.52 bits per heavy atom. The topological polar surface area (TPSA) is 50.8 Å². The molecule has 2 atom stereocenters. The molecule has 0 spiro atoms. The summed E-state index contributed by atoms with van der Waals surface area (Å²) in [5, 5.41) is 9.12. The van der Waals surface area contributed by atoms with Crippen molar-refractivity contribution in [3.05, 3.63) is 29.6 Å². The molecule has 0 N–H and O–H groups in total. The molecule has 1 fully saturated rings. The first-order chi connectivity index (χ1) is 10.0. The van der Waals surface area contributed by atoms with Gasteiger partial charge in [0, 0.05) is 18.6 Å². The zero-order valence-electron chi connectivity index (χ0n) is 12.4. The molecule has 1 saturated carbocycles. The van der Waals surface area contributed by atoms with E-state index in [2.05, 4.69) is 29.5 Å². The molecule has 5 heteroatoms. The quantitative estimate of drug-likeness (QED) is 0.814. The summed E-state index contributed by atoms with van der Waals surface area (Å²) in [6, 6.07) is 8.06. The van der Waals surface area contributed by atoms with Gasteiger partial charge in [0.25, 0.3) is 0 Å². The second-order valence-electron chi connectivity index (χ2n) is 6.14. The van der Waals surface area contributed by atoms with Crippen LogP contribution in [0.1, 0.15) is 37.7 Å². The first-order valence-corrected chi connectivity index (χ1v) is 7.56. The third kappa shape index (κ3) is 2.04. The molecule has 1 heterocycles. The van der Waals surface area contributed by atoms with Gasteiger partial charge in [-0.15, -0.1) is 11.6 Å². The number of aromatic nitrogens is 2. The standard InChI is InChI=1S/C16H18ClN3O/c1-16(2)13(7-14(16)21-3)20-12-6-10(9-18)4-5-11(12)19-15(20)8-17/h4-6,13-14H,7-8H2,1-3H3. The second-order valence-corrected chi connectivity index (χ2v) is 6.41. The van der Waals surface area contributed by atoms with E-state index in [1.165, 1.54) is 0 Å². The van der Waals surface area contributed by atoms with E-state index < -0.39 is 0 Å². The monoisotopic (exact) mass is 303 g/mol. The number of alkyl halides is 1. The number of halogens is 1. The van der Waals surface area contributed by atoms with Gasteiger partial charge < -0.3 is 9.30 Å². The minimum atomic E-state index is 0.0197. The molecule has 0 bridgehead atoms. The predicted molar refractivity (Wildman–Crippen MR) is 82.2 cm³/mol. The average Bonchev–Trinajstić information content (AvgIpc) is 2.84. The van der Waals surface area contributed by atoms with Gasteiger partial charge in [-0.2, -0.15) is 5.26 Å². The van der Waals surface area contributed by atoms with Crippen molar-refractivity contribution in [3.8, 4) is 6.07 Å². The van der Waals surface area contributed by atoms with Gasteiger partial charge in [-0.25, -0.2) is 4.98 Å². The van der Waals surface area contributed by atoms with Gasteiger partial charge in [0.1, 0.15) is 5.82 Å². The lowest BCUT2D eigenvalue weighted by atomic mass is 9.64. The number of fused-ring (bicyclic) bond motifs is 1. The fourth-order valence-corrected chi connectivity index (χ4v) is 3.55. The van der Waals surface area contributed by atoms with Crippen LogP contribution in [0.2, 0.25) is 0 Å². The third-order valence-corrected chi connectivity index (χ3v) is 4.97. The van der Waals surface area contributed by atoms with E-state index in [0.717, 1.165) is 23.3 Å². The van der Waals surface area contributed by atoms with Crippen LogP contribution in [-0.2, 0) is 10.6 Å². The summed E-state index contributed by atoms with van der Waals surface area (Å²) in [6.07, 6.45) is 1.18. The Hall–Kier alpha value is -1.57. The average molecular weight is 304 g/mol. The maximum Gasteiger partial charge on any atom is 0.125 e. The van der Waals surface area contributed by atoms with Gasteiger partial charge in [0.15, 0.2) is 0 Å². The summed E-state index contributed by atoms with van der Waals surface area (Å²) in [5.41, 5.74) is 2.54. The van der Waals surface area contributed by atoms with Gasteiger partial charge in [0.05, 0.1) is 34.7 Å². The van der Waals surface area contributed by atoms with Crippen LogP contribution < -0.4 is 0 Å². The molecule has 2 unspecified atom stereocenters. The molecule has 2 aromatic rings. The van der Waals surface area contributed by atoms with Crippen LogP contribution in [-0.4, -0.2) is 22.8 Å². The number of imidazole rings is 1. The number of nitriles is 1. The molecule has 21 heavy (non-hydrogen) atoms. The fourth-order valence-electron chi connectivity index (χ4n) is 3.36. The summed E-state index contributed by atoms with van der Waals surface area (Å²) in [7, 11) is 1.75. The number of hydrogen-bond acceptors (Lipinski definition) is 3. The Morgan fingerprint density at radius 3 is 2.86 bits per heavy atom. The highest BCUT2D eigenvalue weighted by atomic mass is 35.5. The van der Waals surface area contributed by atoms with E-state index in [1.54, 1.807) is 13.2 Å². The molecule has 4 nitrogen and oxygen atoms in total. The van der Waals surface area contributed by atoms with Crippen molar-refractivity contribution in [1.29, 1.82) is 5.26 Å². The zero-order chi connectivity index (χ0) is 15.2. The lowest BCUT2D eigenvalue weighted by Crippen LogP contribution is -2.51. The molecule has 1 aromatic carbocycles. The summed E-state index contributed by atoms with van der Waals surface area (Å²) in [4.78, 5) is 4.61. The van der Waals surface area contributed by atoms with E-state index in [1.807, 2.05) is 12.1 Å². The van der Waals surface area contributed by atoms with Crippen LogP contribution in [0.15, 0.2) is 18.2 Å². The maximum atomic E-state index is 9.12. The van der Waals surface area contributed by atoms with E-state index in [-0.39, 0.29) is 17.6 Å². The highest BCUT2D eigenvalue weighted by Crippen LogP contribution is 2.52. The van der Waals surface area contributed by atoms with Crippen LogP contribution in [0.4, 0.5) is 0 Å². The van der Waals surface area contributed by atoms with Crippen molar-refractivity contribution >= 4 is 22.6 Å². The highest BCUT2D eigenvalue weighted by molar-refractivity contribution is 6.16. The van der Waals surface area contributed by atoms with E-state index >= 15 is 0 Å². The van der Waals surface area contributed by atoms with Crippen LogP contribution >= 0.6 is 11.6 Å². The Bertz CT molecular complexity index is 729. The molecule has 0 radical (unpaired) electrons. The number of methoxy groups -OCH3 is 1. The number of nitrogens with zero attached hydrogens (tertiary/aromatic N) is 3. The Labute approximate surface area is 129 Å². The molecule has 0 aliphatic heterocycles. The van der Waals surface area contributed by atoms with E-state index in [9.17, 15) is 0 Å². The summed E-state index contributed by atoms with van der Waals surface area (Å²) < 4.78 is 7.73. The molecular formula is C16H18ClN3O. The maximum absolute atomic E-state index is 9.12. The largest absolute Gasteiger partial charge is 0.381 e. The number of hydrogen-bond donors (Lipinski definition) is 0. The Balaban J connectivity index is 2.15. The van der Waals surface area contributed by atoms with Gasteiger partial charge in [-0.3, -0.25) is 0 Å². The minimum absolute atomic E-state index is 0.0197. The molecule has 1 aromatic heterocycles. The van der Waals surface area contributed by atoms with Crippen molar-refractivity contribution in [1.82, 2.24) is 9.55 Å². The molecule has 3 rings (SSSR count). The molecule has 0 saturated heterocycles. The number of benzene rings is 1. The molecular weight excluding hydrogens is 286 g/mol. The van der Waals surface area contributed by atoms with Crippen molar-refractivity contribution in [2.75, 3.05) is 7.11 Å². The first-order valence-electron chi connectivity index (χ1n) is 7.02. The second kappa shape index (κ2) is 5.01. The van der Waals surface area contributed by atoms with Gasteiger partial charge in [0.2, 0.25) is 0 Å². The van der Waals surface area contributed by atoms with Gasteiger partial charge >= 0.3 is 0 Å². The van der Waals surface area contributed by atoms with Crippen LogP contribution in [0.25, 0.3) is 11.0 Å². The fraction of sp³-hybridized carbons (Fsp3) is 0.500. The molecule has 0 amide bonds. The SMILES string of the molecule is COC1CC(n2c(CCl)nc3ccc(C#N)cc32)C1(C)C.